The summed E-state index contributed by atoms with van der Waals surface area (Å²) in [6.07, 6.45) is 2.49. The summed E-state index contributed by atoms with van der Waals surface area (Å²) in [5.74, 6) is -2.73. The molecule has 1 rings (SSSR count). The number of unbranched alkanes of at least 4 members (excludes halogenated alkanes) is 2. The second kappa shape index (κ2) is 15.0. The van der Waals surface area contributed by atoms with Crippen molar-refractivity contribution in [2.45, 2.75) is 98.2 Å². The van der Waals surface area contributed by atoms with Crippen LogP contribution in [0.1, 0.15) is 79.6 Å². The molecule has 8 nitrogen and oxygen atoms in total. The van der Waals surface area contributed by atoms with Crippen LogP contribution in [0.15, 0.2) is 12.2 Å². The molecule has 1 fully saturated rings. The summed E-state index contributed by atoms with van der Waals surface area (Å²) >= 11 is 0. The number of carbonyl (C=O) groups excluding carboxylic acids is 3. The van der Waals surface area contributed by atoms with E-state index in [0.717, 1.165) is 25.7 Å². The molecule has 0 aromatic rings. The van der Waals surface area contributed by atoms with Gasteiger partial charge in [-0.2, -0.15) is 0 Å². The number of ether oxygens (including phenoxy) is 5. The van der Waals surface area contributed by atoms with Crippen LogP contribution in [0.3, 0.4) is 0 Å². The Bertz CT molecular complexity index is 579. The maximum absolute atomic E-state index is 12.7. The Hall–Kier alpha value is -1.93. The Morgan fingerprint density at radius 3 is 1.66 bits per heavy atom. The molecule has 4 unspecified atom stereocenters. The van der Waals surface area contributed by atoms with E-state index in [1.54, 1.807) is 20.8 Å². The monoisotopic (exact) mass is 456 g/mol. The Balaban J connectivity index is 2.77. The van der Waals surface area contributed by atoms with E-state index in [9.17, 15) is 14.4 Å². The predicted molar refractivity (Wildman–Crippen MR) is 118 cm³/mol. The van der Waals surface area contributed by atoms with E-state index in [1.807, 2.05) is 13.8 Å². The third kappa shape index (κ3) is 10.6. The molecule has 0 spiro atoms. The third-order valence-electron chi connectivity index (χ3n) is 5.22. The lowest BCUT2D eigenvalue weighted by atomic mass is 9.79. The van der Waals surface area contributed by atoms with E-state index in [1.165, 1.54) is 0 Å². The van der Waals surface area contributed by atoms with Gasteiger partial charge in [0.05, 0.1) is 25.0 Å². The van der Waals surface area contributed by atoms with Gasteiger partial charge in [-0.15, -0.1) is 0 Å². The van der Waals surface area contributed by atoms with Gasteiger partial charge in [0.25, 0.3) is 0 Å². The Morgan fingerprint density at radius 1 is 0.844 bits per heavy atom. The molecule has 0 aromatic carbocycles. The quantitative estimate of drug-likeness (QED) is 0.125. The summed E-state index contributed by atoms with van der Waals surface area (Å²) in [6.45, 7) is 13.6. The molecule has 4 atom stereocenters. The maximum Gasteiger partial charge on any atom is 0.333 e. The lowest BCUT2D eigenvalue weighted by Crippen LogP contribution is -2.39. The average molecular weight is 457 g/mol. The molecule has 32 heavy (non-hydrogen) atoms. The first-order valence-electron chi connectivity index (χ1n) is 11.7. The predicted octanol–water partition coefficient (Wildman–Crippen LogP) is 4.30. The average Bonchev–Trinajstić information content (AvgIpc) is 2.73. The summed E-state index contributed by atoms with van der Waals surface area (Å²) in [4.78, 5) is 37.5. The third-order valence-corrected chi connectivity index (χ3v) is 5.22. The molecule has 0 aromatic heterocycles. The van der Waals surface area contributed by atoms with Gasteiger partial charge in [0.2, 0.25) is 0 Å². The minimum Gasteiger partial charge on any atom is -0.459 e. The van der Waals surface area contributed by atoms with Crippen LogP contribution < -0.4 is 0 Å². The Kier molecular flexibility index (Phi) is 13.2. The van der Waals surface area contributed by atoms with Crippen molar-refractivity contribution in [1.82, 2.24) is 0 Å². The highest BCUT2D eigenvalue weighted by atomic mass is 16.7. The molecule has 0 heterocycles. The van der Waals surface area contributed by atoms with Crippen LogP contribution in [0.5, 0.6) is 0 Å². The van der Waals surface area contributed by atoms with Crippen molar-refractivity contribution >= 4 is 17.9 Å². The zero-order valence-corrected chi connectivity index (χ0v) is 20.2. The molecule has 1 aliphatic rings. The smallest absolute Gasteiger partial charge is 0.333 e. The van der Waals surface area contributed by atoms with E-state index in [2.05, 4.69) is 6.58 Å². The summed E-state index contributed by atoms with van der Waals surface area (Å²) in [5.41, 5.74) is 0.254. The molecule has 8 heteroatoms. The van der Waals surface area contributed by atoms with Crippen molar-refractivity contribution < 1.29 is 38.1 Å². The number of esters is 3. The maximum atomic E-state index is 12.7. The first-order chi connectivity index (χ1) is 15.2. The van der Waals surface area contributed by atoms with Gasteiger partial charge in [-0.3, -0.25) is 9.59 Å². The molecule has 1 aliphatic carbocycles. The molecule has 184 valence electrons. The van der Waals surface area contributed by atoms with Gasteiger partial charge in [0.15, 0.2) is 12.6 Å². The number of hydrogen-bond donors (Lipinski definition) is 0. The Labute approximate surface area is 191 Å². The van der Waals surface area contributed by atoms with Crippen LogP contribution in [-0.2, 0) is 38.1 Å². The molecular formula is C24H40O8. The standard InChI is InChI=1S/C24H40O8/c1-7-9-11-28-17(5)30-23(26)19-13-20(15-21(14-19)32-22(25)16(3)4)24(27)31-18(6)29-12-10-8-2/h17-21H,3,7-15H2,1-2,4-6H3. The van der Waals surface area contributed by atoms with Gasteiger partial charge in [-0.25, -0.2) is 4.79 Å². The van der Waals surface area contributed by atoms with Crippen LogP contribution in [0.25, 0.3) is 0 Å². The van der Waals surface area contributed by atoms with E-state index < -0.39 is 48.4 Å². The molecular weight excluding hydrogens is 416 g/mol. The Morgan fingerprint density at radius 2 is 1.28 bits per heavy atom. The number of hydrogen-bond acceptors (Lipinski definition) is 8. The zero-order chi connectivity index (χ0) is 24.1. The highest BCUT2D eigenvalue weighted by Gasteiger charge is 2.40. The zero-order valence-electron chi connectivity index (χ0n) is 20.2. The lowest BCUT2D eigenvalue weighted by molar-refractivity contribution is -0.189. The van der Waals surface area contributed by atoms with Gasteiger partial charge >= 0.3 is 17.9 Å². The molecule has 0 bridgehead atoms. The van der Waals surface area contributed by atoms with Crippen LogP contribution in [0.4, 0.5) is 0 Å². The molecule has 0 radical (unpaired) electrons. The van der Waals surface area contributed by atoms with Crippen LogP contribution in [0, 0.1) is 11.8 Å². The summed E-state index contributed by atoms with van der Waals surface area (Å²) < 4.78 is 27.3. The highest BCUT2D eigenvalue weighted by Crippen LogP contribution is 2.34. The topological polar surface area (TPSA) is 97.4 Å². The van der Waals surface area contributed by atoms with E-state index >= 15 is 0 Å². The highest BCUT2D eigenvalue weighted by molar-refractivity contribution is 5.87. The van der Waals surface area contributed by atoms with Gasteiger partial charge < -0.3 is 23.7 Å². The summed E-state index contributed by atoms with van der Waals surface area (Å²) in [6, 6.07) is 0. The molecule has 0 aliphatic heterocycles. The number of carbonyl (C=O) groups is 3. The van der Waals surface area contributed by atoms with Crippen molar-refractivity contribution in [2.24, 2.45) is 11.8 Å². The van der Waals surface area contributed by atoms with Crippen LogP contribution in [0.2, 0.25) is 0 Å². The fourth-order valence-electron chi connectivity index (χ4n) is 3.37. The van der Waals surface area contributed by atoms with Crippen molar-refractivity contribution in [3.05, 3.63) is 12.2 Å². The first-order valence-corrected chi connectivity index (χ1v) is 11.7. The minimum atomic E-state index is -0.690. The molecule has 0 N–H and O–H groups in total. The molecule has 0 saturated heterocycles. The fourth-order valence-corrected chi connectivity index (χ4v) is 3.37. The number of rotatable bonds is 14. The fraction of sp³-hybridized carbons (Fsp3) is 0.792. The lowest BCUT2D eigenvalue weighted by Gasteiger charge is -2.33. The van der Waals surface area contributed by atoms with E-state index in [-0.39, 0.29) is 24.8 Å². The summed E-state index contributed by atoms with van der Waals surface area (Å²) in [7, 11) is 0. The van der Waals surface area contributed by atoms with Gasteiger partial charge in [0.1, 0.15) is 6.10 Å². The normalized spacial score (nSPS) is 22.5. The first kappa shape index (κ1) is 28.1. The minimum absolute atomic E-state index is 0.252. The second-order valence-corrected chi connectivity index (χ2v) is 8.37. The van der Waals surface area contributed by atoms with Crippen molar-refractivity contribution in [3.8, 4) is 0 Å². The summed E-state index contributed by atoms with van der Waals surface area (Å²) in [5, 5.41) is 0. The van der Waals surface area contributed by atoms with Gasteiger partial charge in [0, 0.05) is 5.57 Å². The van der Waals surface area contributed by atoms with Crippen LogP contribution >= 0.6 is 0 Å². The van der Waals surface area contributed by atoms with Crippen molar-refractivity contribution in [2.75, 3.05) is 13.2 Å². The largest absolute Gasteiger partial charge is 0.459 e. The second-order valence-electron chi connectivity index (χ2n) is 8.37. The van der Waals surface area contributed by atoms with Gasteiger partial charge in [-0.1, -0.05) is 33.3 Å². The SMILES string of the molecule is C=C(C)C(=O)OC1CC(C(=O)OC(C)OCCCC)CC(C(=O)OC(C)OCCCC)C1. The molecule has 1 saturated carbocycles. The van der Waals surface area contributed by atoms with Crippen molar-refractivity contribution in [3.63, 3.8) is 0 Å². The van der Waals surface area contributed by atoms with Crippen molar-refractivity contribution in [1.29, 1.82) is 0 Å². The van der Waals surface area contributed by atoms with Crippen LogP contribution in [-0.4, -0.2) is 49.8 Å². The molecule has 0 amide bonds. The van der Waals surface area contributed by atoms with E-state index in [4.69, 9.17) is 23.7 Å². The van der Waals surface area contributed by atoms with E-state index in [0.29, 0.717) is 13.2 Å². The van der Waals surface area contributed by atoms with Gasteiger partial charge in [-0.05, 0) is 52.9 Å².